The summed E-state index contributed by atoms with van der Waals surface area (Å²) in [6.45, 7) is 4.32. The van der Waals surface area contributed by atoms with Crippen LogP contribution in [0.1, 0.15) is 16.7 Å². The zero-order valence-corrected chi connectivity index (χ0v) is 13.6. The number of benzene rings is 3. The fourth-order valence-corrected chi connectivity index (χ4v) is 2.90. The van der Waals surface area contributed by atoms with Gasteiger partial charge in [0.25, 0.3) is 0 Å². The van der Waals surface area contributed by atoms with E-state index in [9.17, 15) is 0 Å². The van der Waals surface area contributed by atoms with E-state index in [1.807, 2.05) is 54.6 Å². The molecule has 0 atom stereocenters. The molecule has 0 saturated heterocycles. The molecule has 0 bridgehead atoms. The lowest BCUT2D eigenvalue weighted by molar-refractivity contribution is -0.0555. The summed E-state index contributed by atoms with van der Waals surface area (Å²) in [5.41, 5.74) is 5.53. The van der Waals surface area contributed by atoms with Crippen LogP contribution in [0.25, 0.3) is 0 Å². The van der Waals surface area contributed by atoms with E-state index in [-0.39, 0.29) is 0 Å². The highest BCUT2D eigenvalue weighted by Gasteiger charge is 2.38. The minimum atomic E-state index is -0.729. The van der Waals surface area contributed by atoms with Gasteiger partial charge in [0.2, 0.25) is 0 Å². The molecule has 2 nitrogen and oxygen atoms in total. The first-order chi connectivity index (χ1) is 11.9. The van der Waals surface area contributed by atoms with Crippen molar-refractivity contribution in [3.63, 3.8) is 0 Å². The van der Waals surface area contributed by atoms with Gasteiger partial charge in [-0.1, -0.05) is 97.1 Å². The first-order valence-corrected chi connectivity index (χ1v) is 8.06. The van der Waals surface area contributed by atoms with Crippen LogP contribution in [0.4, 0.5) is 0 Å². The molecule has 3 aromatic carbocycles. The summed E-state index contributed by atoms with van der Waals surface area (Å²) in [6.07, 6.45) is 1.78. The van der Waals surface area contributed by atoms with Gasteiger partial charge in [0.1, 0.15) is 0 Å². The zero-order valence-electron chi connectivity index (χ0n) is 13.6. The van der Waals surface area contributed by atoms with Crippen LogP contribution < -0.4 is 5.48 Å². The minimum absolute atomic E-state index is 0.564. The molecule has 3 aromatic rings. The molecule has 120 valence electrons. The Labute approximate surface area is 143 Å². The maximum atomic E-state index is 6.31. The van der Waals surface area contributed by atoms with Gasteiger partial charge in [0.05, 0.1) is 0 Å². The Balaban J connectivity index is 2.22. The van der Waals surface area contributed by atoms with Gasteiger partial charge in [0, 0.05) is 6.54 Å². The van der Waals surface area contributed by atoms with E-state index in [1.165, 1.54) is 0 Å². The SMILES string of the molecule is C=CCNOC(c1ccccc1)(c1ccccc1)c1ccccc1. The maximum Gasteiger partial charge on any atom is 0.165 e. The summed E-state index contributed by atoms with van der Waals surface area (Å²) in [4.78, 5) is 6.31. The molecule has 1 N–H and O–H groups in total. The Kier molecular flexibility index (Phi) is 5.22. The molecule has 0 aliphatic heterocycles. The van der Waals surface area contributed by atoms with Gasteiger partial charge in [-0.25, -0.2) is 0 Å². The second-order valence-electron chi connectivity index (χ2n) is 5.52. The first-order valence-electron chi connectivity index (χ1n) is 8.06. The van der Waals surface area contributed by atoms with Gasteiger partial charge in [0.15, 0.2) is 5.60 Å². The van der Waals surface area contributed by atoms with E-state index in [4.69, 9.17) is 4.84 Å². The number of nitrogens with one attached hydrogen (secondary N) is 1. The van der Waals surface area contributed by atoms with E-state index < -0.39 is 5.60 Å². The molecule has 0 fully saturated rings. The lowest BCUT2D eigenvalue weighted by atomic mass is 9.80. The van der Waals surface area contributed by atoms with Crippen LogP contribution in [-0.2, 0) is 10.4 Å². The average Bonchev–Trinajstić information content (AvgIpc) is 2.68. The highest BCUT2D eigenvalue weighted by atomic mass is 16.7. The number of hydrogen-bond donors (Lipinski definition) is 1. The van der Waals surface area contributed by atoms with Gasteiger partial charge >= 0.3 is 0 Å². The van der Waals surface area contributed by atoms with Gasteiger partial charge < -0.3 is 0 Å². The molecule has 0 amide bonds. The number of hydrogen-bond acceptors (Lipinski definition) is 2. The third-order valence-electron chi connectivity index (χ3n) is 3.99. The molecule has 0 aliphatic rings. The molecule has 0 radical (unpaired) electrons. The fourth-order valence-electron chi connectivity index (χ4n) is 2.90. The van der Waals surface area contributed by atoms with Crippen molar-refractivity contribution >= 4 is 0 Å². The Hall–Kier alpha value is -2.68. The highest BCUT2D eigenvalue weighted by Crippen LogP contribution is 2.39. The number of hydroxylamine groups is 1. The van der Waals surface area contributed by atoms with Crippen LogP contribution in [0, 0.1) is 0 Å². The maximum absolute atomic E-state index is 6.31. The van der Waals surface area contributed by atoms with Crippen LogP contribution >= 0.6 is 0 Å². The Morgan fingerprint density at radius 1 is 0.708 bits per heavy atom. The van der Waals surface area contributed by atoms with E-state index in [2.05, 4.69) is 48.5 Å². The van der Waals surface area contributed by atoms with Crippen molar-refractivity contribution in [2.75, 3.05) is 6.54 Å². The second-order valence-corrected chi connectivity index (χ2v) is 5.52. The lowest BCUT2D eigenvalue weighted by Crippen LogP contribution is -2.38. The predicted octanol–water partition coefficient (Wildman–Crippen LogP) is 4.69. The van der Waals surface area contributed by atoms with Crippen molar-refractivity contribution in [2.45, 2.75) is 5.60 Å². The second kappa shape index (κ2) is 7.73. The minimum Gasteiger partial charge on any atom is -0.280 e. The van der Waals surface area contributed by atoms with Crippen LogP contribution in [-0.4, -0.2) is 6.54 Å². The van der Waals surface area contributed by atoms with E-state index in [0.29, 0.717) is 6.54 Å². The van der Waals surface area contributed by atoms with Gasteiger partial charge in [-0.3, -0.25) is 4.84 Å². The summed E-state index contributed by atoms with van der Waals surface area (Å²) in [5.74, 6) is 0. The monoisotopic (exact) mass is 315 g/mol. The third kappa shape index (κ3) is 3.16. The quantitative estimate of drug-likeness (QED) is 0.296. The molecule has 2 heteroatoms. The summed E-state index contributed by atoms with van der Waals surface area (Å²) < 4.78 is 0. The Bertz CT molecular complexity index is 657. The van der Waals surface area contributed by atoms with Crippen molar-refractivity contribution in [2.24, 2.45) is 0 Å². The van der Waals surface area contributed by atoms with E-state index in [1.54, 1.807) is 6.08 Å². The van der Waals surface area contributed by atoms with Crippen molar-refractivity contribution < 1.29 is 4.84 Å². The standard InChI is InChI=1S/C22H21NO/c1-2-18-23-24-22(19-12-6-3-7-13-19,20-14-8-4-9-15-20)21-16-10-5-11-17-21/h2-17,23H,1,18H2. The van der Waals surface area contributed by atoms with Crippen molar-refractivity contribution in [1.82, 2.24) is 5.48 Å². The van der Waals surface area contributed by atoms with Gasteiger partial charge in [-0.15, -0.1) is 6.58 Å². The van der Waals surface area contributed by atoms with Crippen molar-refractivity contribution in [1.29, 1.82) is 0 Å². The molecular weight excluding hydrogens is 294 g/mol. The molecule has 0 heterocycles. The van der Waals surface area contributed by atoms with Gasteiger partial charge in [-0.05, 0) is 16.7 Å². The fraction of sp³-hybridized carbons (Fsp3) is 0.0909. The highest BCUT2D eigenvalue weighted by molar-refractivity contribution is 5.47. The Morgan fingerprint density at radius 2 is 1.08 bits per heavy atom. The van der Waals surface area contributed by atoms with Crippen molar-refractivity contribution in [3.05, 3.63) is 120 Å². The molecule has 24 heavy (non-hydrogen) atoms. The lowest BCUT2D eigenvalue weighted by Gasteiger charge is -2.35. The zero-order chi connectivity index (χ0) is 16.7. The molecule has 0 aliphatic carbocycles. The van der Waals surface area contributed by atoms with Crippen LogP contribution in [0.5, 0.6) is 0 Å². The molecule has 0 spiro atoms. The smallest absolute Gasteiger partial charge is 0.165 e. The molecule has 0 saturated carbocycles. The predicted molar refractivity (Wildman–Crippen MR) is 98.5 cm³/mol. The summed E-state index contributed by atoms with van der Waals surface area (Å²) in [5, 5.41) is 0. The summed E-state index contributed by atoms with van der Waals surface area (Å²) in [6, 6.07) is 30.8. The van der Waals surface area contributed by atoms with Crippen LogP contribution in [0.2, 0.25) is 0 Å². The Morgan fingerprint density at radius 3 is 1.42 bits per heavy atom. The molecular formula is C22H21NO. The van der Waals surface area contributed by atoms with Crippen LogP contribution in [0.15, 0.2) is 104 Å². The molecule has 3 rings (SSSR count). The van der Waals surface area contributed by atoms with Crippen LogP contribution in [0.3, 0.4) is 0 Å². The van der Waals surface area contributed by atoms with E-state index in [0.717, 1.165) is 16.7 Å². The first kappa shape index (κ1) is 16.2. The third-order valence-corrected chi connectivity index (χ3v) is 3.99. The number of rotatable bonds is 7. The summed E-state index contributed by atoms with van der Waals surface area (Å²) >= 11 is 0. The molecule has 0 unspecified atom stereocenters. The van der Waals surface area contributed by atoms with E-state index >= 15 is 0 Å². The largest absolute Gasteiger partial charge is 0.280 e. The van der Waals surface area contributed by atoms with Gasteiger partial charge in [-0.2, -0.15) is 5.48 Å². The van der Waals surface area contributed by atoms with Crippen molar-refractivity contribution in [3.8, 4) is 0 Å². The normalized spacial score (nSPS) is 11.2. The topological polar surface area (TPSA) is 21.3 Å². The average molecular weight is 315 g/mol. The molecule has 0 aromatic heterocycles. The summed E-state index contributed by atoms with van der Waals surface area (Å²) in [7, 11) is 0.